The number of hydrogen-bond acceptors (Lipinski definition) is 69. The van der Waals surface area contributed by atoms with Crippen molar-refractivity contribution >= 4 is 198 Å². The molecule has 6 saturated heterocycles. The maximum atomic E-state index is 13.3. The third-order valence-electron chi connectivity index (χ3n) is 16.5. The highest BCUT2D eigenvalue weighted by Crippen LogP contribution is 2.43. The van der Waals surface area contributed by atoms with Crippen molar-refractivity contribution in [3.05, 3.63) is 0 Å². The molecule has 88 nitrogen and oxygen atoms in total. The Hall–Kier alpha value is -2.95. The van der Waals surface area contributed by atoms with Gasteiger partial charge in [-0.05, 0) is 0 Å². The number of hydrogen-bond donors (Lipinski definition) is 19. The summed E-state index contributed by atoms with van der Waals surface area (Å²) < 4.78 is 811. The highest BCUT2D eigenvalue weighted by molar-refractivity contribution is 7.85. The molecule has 19 N–H and O–H groups in total. The number of ether oxygens (including phenoxy) is 12. The lowest BCUT2D eigenvalue weighted by Crippen LogP contribution is -2.68. The largest absolute Gasteiger partial charge is 0.397 e. The molecule has 6 aliphatic rings. The van der Waals surface area contributed by atoms with Crippen LogP contribution in [0, 0.1) is 0 Å². The van der Waals surface area contributed by atoms with Gasteiger partial charge in [-0.15, -0.1) is 0 Å². The van der Waals surface area contributed by atoms with Gasteiger partial charge in [0.05, 0.1) is 39.6 Å². The standard InChI is InChI=1S/C37H64O88S19/c1-95-32-26(120-139(77,78)79)20(108-36-30(124-143(89,90)91)24(118-137(71,72)73)18(114-133(59,60)61)12(106-36)6-100-127(41,42)43)14(110-129(47,48)49)8(102-32)2-97-34-28(122-141(83,84)85)22(116-135(65,66)67)16(112-131(53,54)55)10(104-34)4-96-33-27(121-140(80,81)82)21(109-37-31(125-144(92,93)94)25(119-138(74,75)76)19(115-134(62,63)64)13(107-37)7-101-128(44,45)46)15(111-130(50,51)52)9(103-33)3-98-35-29(123-142(86,87)88)23(117-136(68,69)70)17(113-132(56,57)58)11(105-35)5-99-126(38,39)40/h8-37H,2-7H2,1H3,(H,38,39,40)(H,41,42,43)(H,44,45,46)(H,47,48,49)(H,50,51,52)(H,53,54,55)(H,56,57,58)(H,59,60,61)(H,62,63,64)(H,65,66,67)(H,68,69,70)(H,71,72,73)(H,74,75,76)(H,77,78,79)(H,80,81,82)(H,83,84,85)(H,86,87,88)(H,89,90,91)(H,92,93,94)/t8-,9-,10-,11+,12+,13-,14+,15-,16+,17+,18+,19+,20-,21+,22-,23+,24+,25+,26-,27+,28-,29-,30+,31+,32+,33+,34-,35+,36-,37+/m1/s1. The van der Waals surface area contributed by atoms with E-state index >= 15 is 0 Å². The highest BCUT2D eigenvalue weighted by Gasteiger charge is 2.65. The zero-order chi connectivity index (χ0) is 111. The fraction of sp³-hybridized carbons (Fsp3) is 1.00. The minimum Gasteiger partial charge on any atom is -0.353 e. The SMILES string of the molecule is CO[C@H]1O[C@H](CO[C@@H]2O[C@H](CO[C@H]3O[C@H](CO[C@H]4O[C@@H](COS(=O)(=O)O)[C@H](OS(=O)(=O)O)[C@H](OS(=O)(=O)O)[C@H]4OS(=O)(=O)O)[C@@H](OS(=O)(=O)O)[C@H](O[C@@H]4O[C@H](COS(=O)(=O)O)[C@H](OS(=O)(=O)O)[C@H](OS(=O)(=O)O)[C@@H]4OS(=O)(=O)O)[C@@H]3OS(=O)(=O)O)[C@H](OS(=O)(=O)O)[C@@H](OS(=O)(=O)O)[C@H]2OS(=O)(=O)O)[C@H](OS(=O)(=O)O)[C@@H](O[C@H]2O[C@@H](COS(=O)(=O)O)[C@H](OS(=O)(=O)O)[C@H](OS(=O)(=O)O)[C@@H]2OS(=O)(=O)O)[C@H]1OS(=O)(=O)O. The molecule has 0 aliphatic carbocycles. The molecule has 0 bridgehead atoms. The minimum atomic E-state index is -7.07. The lowest BCUT2D eigenvalue weighted by Gasteiger charge is -2.49. The Bertz CT molecular complexity index is 6850. The van der Waals surface area contributed by atoms with Crippen LogP contribution in [0.2, 0.25) is 0 Å². The fourth-order valence-corrected chi connectivity index (χ4v) is 21.4. The van der Waals surface area contributed by atoms with Gasteiger partial charge in [0.25, 0.3) is 0 Å². The normalized spacial score (nSPS) is 33.4. The molecule has 0 radical (unpaired) electrons. The Morgan fingerprint density at radius 1 is 0.153 bits per heavy atom. The Balaban J connectivity index is 1.75. The van der Waals surface area contributed by atoms with Crippen LogP contribution >= 0.6 is 0 Å². The summed E-state index contributed by atoms with van der Waals surface area (Å²) in [4.78, 5) is 0. The second-order valence-corrected chi connectivity index (χ2v) is 46.7. The van der Waals surface area contributed by atoms with Gasteiger partial charge in [0.15, 0.2) is 74.4 Å². The van der Waals surface area contributed by atoms with Crippen LogP contribution in [0.5, 0.6) is 0 Å². The van der Waals surface area contributed by atoms with Crippen LogP contribution in [0.1, 0.15) is 0 Å². The molecular weight excluding hydrogens is 2460 g/mol. The van der Waals surface area contributed by atoms with E-state index in [1.165, 1.54) is 0 Å². The summed E-state index contributed by atoms with van der Waals surface area (Å²) in [5.74, 6) is 0. The summed E-state index contributed by atoms with van der Waals surface area (Å²) in [5.41, 5.74) is 0. The maximum Gasteiger partial charge on any atom is 0.397 e. The van der Waals surface area contributed by atoms with Crippen LogP contribution in [0.4, 0.5) is 0 Å². The topological polar surface area (TPSA) is 1320 Å². The van der Waals surface area contributed by atoms with Crippen molar-refractivity contribution in [2.24, 2.45) is 0 Å². The molecule has 6 aliphatic heterocycles. The van der Waals surface area contributed by atoms with Gasteiger partial charge in [-0.1, -0.05) is 0 Å². The first-order valence-electron chi connectivity index (χ1n) is 34.0. The van der Waals surface area contributed by atoms with Crippen LogP contribution in [-0.4, -0.2) is 477 Å². The molecule has 854 valence electrons. The van der Waals surface area contributed by atoms with Gasteiger partial charge in [-0.2, -0.15) is 160 Å². The predicted octanol–water partition coefficient (Wildman–Crippen LogP) is -16.7. The van der Waals surface area contributed by atoms with Gasteiger partial charge in [0, 0.05) is 7.11 Å². The van der Waals surface area contributed by atoms with Crippen molar-refractivity contribution in [3.63, 3.8) is 0 Å². The van der Waals surface area contributed by atoms with Crippen LogP contribution in [0.25, 0.3) is 0 Å². The van der Waals surface area contributed by atoms with E-state index < -0.39 is 421 Å². The molecule has 6 fully saturated rings. The van der Waals surface area contributed by atoms with Crippen LogP contribution in [-0.2, 0) is 334 Å². The monoisotopic (exact) mass is 2520 g/mol. The van der Waals surface area contributed by atoms with Crippen molar-refractivity contribution < 1.29 is 383 Å². The van der Waals surface area contributed by atoms with Crippen molar-refractivity contribution in [1.82, 2.24) is 0 Å². The maximum absolute atomic E-state index is 13.3. The summed E-state index contributed by atoms with van der Waals surface area (Å²) in [6.45, 7) is -14.8. The minimum absolute atomic E-state index is 0.224. The van der Waals surface area contributed by atoms with Gasteiger partial charge >= 0.3 is 198 Å². The van der Waals surface area contributed by atoms with Crippen molar-refractivity contribution in [2.75, 3.05) is 46.8 Å². The molecule has 0 aromatic heterocycles. The van der Waals surface area contributed by atoms with Crippen LogP contribution in [0.3, 0.4) is 0 Å². The molecule has 0 aromatic rings. The molecule has 0 saturated carbocycles. The smallest absolute Gasteiger partial charge is 0.353 e. The van der Waals surface area contributed by atoms with Crippen molar-refractivity contribution in [3.8, 4) is 0 Å². The Morgan fingerprint density at radius 3 is 0.444 bits per heavy atom. The molecule has 144 heavy (non-hydrogen) atoms. The van der Waals surface area contributed by atoms with E-state index in [0.717, 1.165) is 0 Å². The highest BCUT2D eigenvalue weighted by atomic mass is 32.3. The van der Waals surface area contributed by atoms with E-state index in [9.17, 15) is 246 Å². The summed E-state index contributed by atoms with van der Waals surface area (Å²) in [7, 11) is -126. The summed E-state index contributed by atoms with van der Waals surface area (Å²) in [6, 6.07) is 0. The van der Waals surface area contributed by atoms with E-state index in [-0.39, 0.29) is 7.11 Å². The van der Waals surface area contributed by atoms with Gasteiger partial charge in [-0.25, -0.2) is 79.5 Å². The van der Waals surface area contributed by atoms with Crippen LogP contribution in [0.15, 0.2) is 0 Å². The lowest BCUT2D eigenvalue weighted by molar-refractivity contribution is -0.363. The first-order valence-corrected chi connectivity index (χ1v) is 60.0. The van der Waals surface area contributed by atoms with E-state index in [0.29, 0.717) is 0 Å². The molecule has 0 amide bonds. The quantitative estimate of drug-likeness (QED) is 0.0251. The summed E-state index contributed by atoms with van der Waals surface area (Å²) >= 11 is 0. The molecule has 30 atom stereocenters. The molecular formula is C37H64O88S19. The fourth-order valence-electron chi connectivity index (χ4n) is 12.5. The van der Waals surface area contributed by atoms with E-state index in [1.54, 1.807) is 0 Å². The first-order chi connectivity index (χ1) is 64.1. The molecule has 6 heterocycles. The van der Waals surface area contributed by atoms with Crippen LogP contribution < -0.4 is 0 Å². The van der Waals surface area contributed by atoms with E-state index in [2.05, 4.69) is 79.5 Å². The number of methoxy groups -OCH3 is 1. The summed E-state index contributed by atoms with van der Waals surface area (Å²) in [6.07, 6.45) is -113. The van der Waals surface area contributed by atoms with E-state index in [4.69, 9.17) is 56.8 Å². The van der Waals surface area contributed by atoms with E-state index in [1.807, 2.05) is 0 Å². The van der Waals surface area contributed by atoms with Gasteiger partial charge < -0.3 is 56.8 Å². The zero-order valence-electron chi connectivity index (χ0n) is 67.0. The first kappa shape index (κ1) is 130. The Morgan fingerprint density at radius 2 is 0.278 bits per heavy atom. The van der Waals surface area contributed by atoms with Gasteiger partial charge in [0.1, 0.15) is 110 Å². The zero-order valence-corrected chi connectivity index (χ0v) is 82.5. The molecule has 0 unspecified atom stereocenters. The average Bonchev–Trinajstić information content (AvgIpc) is 0.793. The Labute approximate surface area is 805 Å². The third-order valence-corrected chi connectivity index (χ3v) is 25.3. The van der Waals surface area contributed by atoms with Gasteiger partial charge in [-0.3, -0.25) is 86.5 Å². The van der Waals surface area contributed by atoms with Gasteiger partial charge in [0.2, 0.25) is 0 Å². The third kappa shape index (κ3) is 46.0. The lowest BCUT2D eigenvalue weighted by atomic mass is 9.96. The molecule has 6 rings (SSSR count). The molecule has 107 heteroatoms. The van der Waals surface area contributed by atoms with Crippen molar-refractivity contribution in [1.29, 1.82) is 0 Å². The van der Waals surface area contributed by atoms with Crippen molar-refractivity contribution in [2.45, 2.75) is 184 Å². The second-order valence-electron chi connectivity index (χ2n) is 26.6. The molecule has 0 spiro atoms. The Kier molecular flexibility index (Phi) is 43.0. The predicted molar refractivity (Wildman–Crippen MR) is 402 cm³/mol. The average molecular weight is 2530 g/mol. The second kappa shape index (κ2) is 47.8. The summed E-state index contributed by atoms with van der Waals surface area (Å²) in [5, 5.41) is 0. The number of rotatable bonds is 55. The molecule has 0 aromatic carbocycles.